The number of aliphatic carboxylic acids is 1. The molecule has 170 valence electrons. The lowest BCUT2D eigenvalue weighted by molar-refractivity contribution is -0.140. The molecular formula is C27H28N2O4. The topological polar surface area (TPSA) is 88.4 Å². The number of carbonyl (C=O) groups is 3. The van der Waals surface area contributed by atoms with E-state index in [4.69, 9.17) is 0 Å². The van der Waals surface area contributed by atoms with E-state index in [9.17, 15) is 19.5 Å². The van der Waals surface area contributed by atoms with Crippen LogP contribution in [0.3, 0.4) is 0 Å². The predicted molar refractivity (Wildman–Crippen MR) is 128 cm³/mol. The van der Waals surface area contributed by atoms with Gasteiger partial charge < -0.3 is 15.0 Å². The van der Waals surface area contributed by atoms with Crippen LogP contribution in [0, 0.1) is 12.8 Å². The Morgan fingerprint density at radius 1 is 0.970 bits per heavy atom. The largest absolute Gasteiger partial charge is 0.480 e. The Kier molecular flexibility index (Phi) is 7.61. The number of nitrogens with zero attached hydrogens (tertiary/aromatic N) is 1. The fraction of sp³-hybridized carbons (Fsp3) is 0.222. The summed E-state index contributed by atoms with van der Waals surface area (Å²) in [6.07, 6.45) is 5.73. The summed E-state index contributed by atoms with van der Waals surface area (Å²) in [5.74, 6) is -1.71. The van der Waals surface area contributed by atoms with Crippen LogP contribution in [0.15, 0.2) is 72.9 Å². The highest BCUT2D eigenvalue weighted by molar-refractivity contribution is 6.08. The van der Waals surface area contributed by atoms with Gasteiger partial charge >= 0.3 is 5.97 Å². The molecule has 0 aliphatic rings. The maximum Gasteiger partial charge on any atom is 0.326 e. The third kappa shape index (κ3) is 6.07. The molecule has 0 spiro atoms. The number of aromatic nitrogens is 1. The number of hydrogen-bond acceptors (Lipinski definition) is 3. The van der Waals surface area contributed by atoms with Crippen molar-refractivity contribution in [2.24, 2.45) is 5.92 Å². The molecule has 0 aliphatic carbocycles. The summed E-state index contributed by atoms with van der Waals surface area (Å²) in [4.78, 5) is 36.5. The van der Waals surface area contributed by atoms with Gasteiger partial charge in [-0.1, -0.05) is 68.0 Å². The number of carbonyl (C=O) groups excluding carboxylic acids is 2. The molecule has 33 heavy (non-hydrogen) atoms. The first kappa shape index (κ1) is 23.7. The Morgan fingerprint density at radius 2 is 1.61 bits per heavy atom. The number of aryl methyl sites for hydroxylation is 1. The molecule has 1 heterocycles. The second-order valence-electron chi connectivity index (χ2n) is 8.30. The van der Waals surface area contributed by atoms with E-state index in [-0.39, 0.29) is 11.7 Å². The van der Waals surface area contributed by atoms with Gasteiger partial charge in [0.25, 0.3) is 5.91 Å². The lowest BCUT2D eigenvalue weighted by atomic mass is 10.0. The van der Waals surface area contributed by atoms with Gasteiger partial charge in [0.1, 0.15) is 6.04 Å². The highest BCUT2D eigenvalue weighted by atomic mass is 16.4. The van der Waals surface area contributed by atoms with Crippen molar-refractivity contribution in [3.63, 3.8) is 0 Å². The molecule has 0 unspecified atom stereocenters. The van der Waals surface area contributed by atoms with Gasteiger partial charge in [0.05, 0.1) is 5.69 Å². The van der Waals surface area contributed by atoms with Crippen molar-refractivity contribution in [3.8, 4) is 0 Å². The normalized spacial score (nSPS) is 12.1. The number of nitrogens with one attached hydrogen (secondary N) is 1. The molecule has 2 N–H and O–H groups in total. The van der Waals surface area contributed by atoms with Crippen LogP contribution >= 0.6 is 0 Å². The van der Waals surface area contributed by atoms with Crippen LogP contribution in [0.5, 0.6) is 0 Å². The van der Waals surface area contributed by atoms with E-state index in [0.29, 0.717) is 23.4 Å². The molecule has 2 aromatic carbocycles. The number of carboxylic acid groups (broad SMARTS) is 1. The lowest BCUT2D eigenvalue weighted by Crippen LogP contribution is -2.44. The molecule has 0 saturated heterocycles. The van der Waals surface area contributed by atoms with Gasteiger partial charge in [-0.15, -0.1) is 0 Å². The first-order valence-corrected chi connectivity index (χ1v) is 10.8. The van der Waals surface area contributed by atoms with E-state index in [1.165, 1.54) is 0 Å². The number of carboxylic acids is 1. The third-order valence-corrected chi connectivity index (χ3v) is 5.38. The van der Waals surface area contributed by atoms with Crippen molar-refractivity contribution >= 4 is 23.7 Å². The highest BCUT2D eigenvalue weighted by Crippen LogP contribution is 2.13. The molecular weight excluding hydrogens is 416 g/mol. The van der Waals surface area contributed by atoms with E-state index in [1.54, 1.807) is 38.1 Å². The van der Waals surface area contributed by atoms with Crippen LogP contribution in [-0.4, -0.2) is 33.4 Å². The molecule has 1 amide bonds. The molecule has 6 heteroatoms. The van der Waals surface area contributed by atoms with Gasteiger partial charge in [0.2, 0.25) is 5.78 Å². The van der Waals surface area contributed by atoms with Crippen LogP contribution in [0.4, 0.5) is 0 Å². The fourth-order valence-electron chi connectivity index (χ4n) is 3.42. The van der Waals surface area contributed by atoms with Gasteiger partial charge in [-0.2, -0.15) is 0 Å². The number of rotatable bonds is 9. The number of benzene rings is 2. The Morgan fingerprint density at radius 3 is 2.21 bits per heavy atom. The molecule has 0 fully saturated rings. The van der Waals surface area contributed by atoms with E-state index < -0.39 is 17.9 Å². The third-order valence-electron chi connectivity index (χ3n) is 5.38. The zero-order valence-corrected chi connectivity index (χ0v) is 19.0. The summed E-state index contributed by atoms with van der Waals surface area (Å²) in [5.41, 5.74) is 3.67. The molecule has 6 nitrogen and oxygen atoms in total. The van der Waals surface area contributed by atoms with Crippen molar-refractivity contribution in [2.45, 2.75) is 33.4 Å². The molecule has 3 rings (SSSR count). The van der Waals surface area contributed by atoms with Crippen LogP contribution in [-0.2, 0) is 11.3 Å². The Bertz CT molecular complexity index is 1160. The molecule has 1 aromatic heterocycles. The summed E-state index contributed by atoms with van der Waals surface area (Å²) in [5, 5.41) is 11.8. The summed E-state index contributed by atoms with van der Waals surface area (Å²) >= 11 is 0. The summed E-state index contributed by atoms with van der Waals surface area (Å²) in [6.45, 7) is 6.00. The lowest BCUT2D eigenvalue weighted by Gasteiger charge is -2.17. The molecule has 0 aliphatic heterocycles. The van der Waals surface area contributed by atoms with Crippen molar-refractivity contribution in [3.05, 3.63) is 101 Å². The smallest absolute Gasteiger partial charge is 0.326 e. The highest BCUT2D eigenvalue weighted by Gasteiger charge is 2.23. The Labute approximate surface area is 193 Å². The van der Waals surface area contributed by atoms with Gasteiger partial charge in [-0.05, 0) is 42.7 Å². The average Bonchev–Trinajstić information content (AvgIpc) is 3.26. The second-order valence-corrected chi connectivity index (χ2v) is 8.30. The van der Waals surface area contributed by atoms with Gasteiger partial charge in [-0.3, -0.25) is 9.59 Å². The minimum Gasteiger partial charge on any atom is -0.480 e. The minimum absolute atomic E-state index is 0.0233. The van der Waals surface area contributed by atoms with Crippen molar-refractivity contribution in [2.75, 3.05) is 0 Å². The number of allylic oxidation sites excluding steroid dienone is 1. The molecule has 0 bridgehead atoms. The zero-order chi connectivity index (χ0) is 24.0. The maximum atomic E-state index is 12.8. The van der Waals surface area contributed by atoms with Gasteiger partial charge in [-0.25, -0.2) is 4.79 Å². The standard InChI is InChI=1S/C27H28N2O4/c1-18(2)24(27(32)33)28-26(31)22-14-10-20(11-15-22)6-4-16-29-17-5-7-23(29)25(30)21-12-8-19(3)9-13-21/h4-15,17-18,24H,16H2,1-3H3,(H,28,31)(H,32,33)/b6-4+/t24-/m0/s1. The Hall–Kier alpha value is -3.93. The van der Waals surface area contributed by atoms with E-state index >= 15 is 0 Å². The van der Waals surface area contributed by atoms with Gasteiger partial charge in [0, 0.05) is 23.9 Å². The summed E-state index contributed by atoms with van der Waals surface area (Å²) in [6, 6.07) is 17.2. The first-order chi connectivity index (χ1) is 15.8. The molecule has 0 saturated carbocycles. The van der Waals surface area contributed by atoms with Crippen LogP contribution in [0.25, 0.3) is 6.08 Å². The first-order valence-electron chi connectivity index (χ1n) is 10.8. The molecule has 0 radical (unpaired) electrons. The second kappa shape index (κ2) is 10.6. The van der Waals surface area contributed by atoms with E-state index in [1.807, 2.05) is 66.2 Å². The maximum absolute atomic E-state index is 12.8. The van der Waals surface area contributed by atoms with E-state index in [0.717, 1.165) is 11.1 Å². The van der Waals surface area contributed by atoms with Crippen LogP contribution in [0.2, 0.25) is 0 Å². The van der Waals surface area contributed by atoms with Crippen molar-refractivity contribution in [1.82, 2.24) is 9.88 Å². The van der Waals surface area contributed by atoms with Crippen LogP contribution < -0.4 is 5.32 Å². The summed E-state index contributed by atoms with van der Waals surface area (Å²) in [7, 11) is 0. The van der Waals surface area contributed by atoms with E-state index in [2.05, 4.69) is 5.32 Å². The Balaban J connectivity index is 1.63. The van der Waals surface area contributed by atoms with Crippen molar-refractivity contribution in [1.29, 1.82) is 0 Å². The number of ketones is 1. The summed E-state index contributed by atoms with van der Waals surface area (Å²) < 4.78 is 1.89. The minimum atomic E-state index is -1.05. The number of hydrogen-bond donors (Lipinski definition) is 2. The fourth-order valence-corrected chi connectivity index (χ4v) is 3.42. The van der Waals surface area contributed by atoms with Crippen molar-refractivity contribution < 1.29 is 19.5 Å². The molecule has 1 atom stereocenters. The zero-order valence-electron chi connectivity index (χ0n) is 19.0. The molecule has 3 aromatic rings. The predicted octanol–water partition coefficient (Wildman–Crippen LogP) is 4.58. The quantitative estimate of drug-likeness (QED) is 0.473. The number of amides is 1. The SMILES string of the molecule is Cc1ccc(C(=O)c2cccn2C/C=C/c2ccc(C(=O)N[C@H](C(=O)O)C(C)C)cc2)cc1. The van der Waals surface area contributed by atoms with Gasteiger partial charge in [0.15, 0.2) is 0 Å². The monoisotopic (exact) mass is 444 g/mol. The average molecular weight is 445 g/mol. The van der Waals surface area contributed by atoms with Crippen LogP contribution in [0.1, 0.15) is 51.4 Å².